The molecule has 2 aromatic rings. The Kier molecular flexibility index (Phi) is 4.91. The minimum atomic E-state index is -3.66. The fourth-order valence-electron chi connectivity index (χ4n) is 2.02. The van der Waals surface area contributed by atoms with Crippen LogP contribution in [0.5, 0.6) is 0 Å². The molecule has 0 N–H and O–H groups in total. The molecule has 0 heterocycles. The molecule has 0 saturated carbocycles. The molecule has 110 valence electrons. The van der Waals surface area contributed by atoms with Crippen molar-refractivity contribution < 1.29 is 8.42 Å². The van der Waals surface area contributed by atoms with Crippen LogP contribution in [0.15, 0.2) is 63.9 Å². The summed E-state index contributed by atoms with van der Waals surface area (Å²) in [6, 6.07) is 16.2. The van der Waals surface area contributed by atoms with Crippen LogP contribution < -0.4 is 0 Å². The second-order valence-corrected chi connectivity index (χ2v) is 6.55. The zero-order valence-electron chi connectivity index (χ0n) is 12.3. The highest BCUT2D eigenvalue weighted by atomic mass is 32.2. The van der Waals surface area contributed by atoms with Gasteiger partial charge in [0.15, 0.2) is 0 Å². The monoisotopic (exact) mass is 301 g/mol. The molecule has 0 bridgehead atoms. The first-order valence-corrected chi connectivity index (χ1v) is 8.43. The van der Waals surface area contributed by atoms with E-state index in [-0.39, 0.29) is 4.90 Å². The topological polar surface area (TPSA) is 46.5 Å². The second kappa shape index (κ2) is 6.68. The van der Waals surface area contributed by atoms with E-state index in [2.05, 4.69) is 4.40 Å². The third kappa shape index (κ3) is 4.02. The van der Waals surface area contributed by atoms with Crippen molar-refractivity contribution in [3.05, 3.63) is 65.7 Å². The number of nitrogens with zero attached hydrogens (tertiary/aromatic N) is 1. The predicted molar refractivity (Wildman–Crippen MR) is 86.3 cm³/mol. The summed E-state index contributed by atoms with van der Waals surface area (Å²) in [5.74, 6) is 0. The molecule has 0 fully saturated rings. The van der Waals surface area contributed by atoms with Crippen LogP contribution >= 0.6 is 0 Å². The van der Waals surface area contributed by atoms with Crippen LogP contribution in [0.2, 0.25) is 0 Å². The van der Waals surface area contributed by atoms with E-state index in [0.717, 1.165) is 17.5 Å². The smallest absolute Gasteiger partial charge is 0.199 e. The van der Waals surface area contributed by atoms with Gasteiger partial charge in [-0.3, -0.25) is 0 Å². The quantitative estimate of drug-likeness (QED) is 0.784. The molecule has 0 radical (unpaired) electrons. The van der Waals surface area contributed by atoms with E-state index in [1.165, 1.54) is 0 Å². The molecule has 3 nitrogen and oxygen atoms in total. The van der Waals surface area contributed by atoms with E-state index >= 15 is 0 Å². The lowest BCUT2D eigenvalue weighted by Gasteiger charge is -2.06. The molecule has 4 heteroatoms. The Morgan fingerprint density at radius 2 is 1.62 bits per heavy atom. The number of hydrogen-bond donors (Lipinski definition) is 0. The molecule has 0 spiro atoms. The SMILES string of the molecule is CCC/C(=N\S(=O)(=O)c1ccc(C)cc1)c1ccccc1. The average Bonchev–Trinajstić information content (AvgIpc) is 2.48. The summed E-state index contributed by atoms with van der Waals surface area (Å²) >= 11 is 0. The first kappa shape index (κ1) is 15.4. The lowest BCUT2D eigenvalue weighted by molar-refractivity contribution is 0.598. The van der Waals surface area contributed by atoms with Gasteiger partial charge in [-0.2, -0.15) is 12.8 Å². The van der Waals surface area contributed by atoms with Crippen LogP contribution in [-0.4, -0.2) is 14.1 Å². The van der Waals surface area contributed by atoms with Gasteiger partial charge in [0, 0.05) is 0 Å². The summed E-state index contributed by atoms with van der Waals surface area (Å²) in [5, 5.41) is 0. The van der Waals surface area contributed by atoms with Crippen LogP contribution in [0.1, 0.15) is 30.9 Å². The molecule has 0 amide bonds. The molecule has 2 aromatic carbocycles. The van der Waals surface area contributed by atoms with Crippen LogP contribution in [0.25, 0.3) is 0 Å². The minimum Gasteiger partial charge on any atom is -0.199 e. The van der Waals surface area contributed by atoms with Crippen molar-refractivity contribution in [1.29, 1.82) is 0 Å². The van der Waals surface area contributed by atoms with Crippen molar-refractivity contribution in [3.63, 3.8) is 0 Å². The van der Waals surface area contributed by atoms with Crippen molar-refractivity contribution in [3.8, 4) is 0 Å². The largest absolute Gasteiger partial charge is 0.282 e. The highest BCUT2D eigenvalue weighted by molar-refractivity contribution is 7.90. The third-order valence-electron chi connectivity index (χ3n) is 3.14. The van der Waals surface area contributed by atoms with Crippen LogP contribution in [0, 0.1) is 6.92 Å². The van der Waals surface area contributed by atoms with Crippen molar-refractivity contribution in [2.75, 3.05) is 0 Å². The summed E-state index contributed by atoms with van der Waals surface area (Å²) in [4.78, 5) is 0.234. The molecule has 0 saturated heterocycles. The molecule has 2 rings (SSSR count). The van der Waals surface area contributed by atoms with Crippen LogP contribution in [-0.2, 0) is 10.0 Å². The molecule has 0 aliphatic carbocycles. The van der Waals surface area contributed by atoms with Crippen molar-refractivity contribution >= 4 is 15.7 Å². The molecular weight excluding hydrogens is 282 g/mol. The summed E-state index contributed by atoms with van der Waals surface area (Å²) in [6.07, 6.45) is 1.48. The molecular formula is C17H19NO2S. The van der Waals surface area contributed by atoms with Gasteiger partial charge in [-0.1, -0.05) is 61.4 Å². The van der Waals surface area contributed by atoms with Gasteiger partial charge in [-0.15, -0.1) is 0 Å². The Balaban J connectivity index is 2.44. The van der Waals surface area contributed by atoms with Gasteiger partial charge < -0.3 is 0 Å². The van der Waals surface area contributed by atoms with E-state index in [1.807, 2.05) is 44.2 Å². The van der Waals surface area contributed by atoms with Crippen molar-refractivity contribution in [1.82, 2.24) is 0 Å². The van der Waals surface area contributed by atoms with E-state index in [9.17, 15) is 8.42 Å². The van der Waals surface area contributed by atoms with Crippen LogP contribution in [0.4, 0.5) is 0 Å². The number of hydrogen-bond acceptors (Lipinski definition) is 2. The van der Waals surface area contributed by atoms with Crippen molar-refractivity contribution in [2.24, 2.45) is 4.40 Å². The summed E-state index contributed by atoms with van der Waals surface area (Å²) in [6.45, 7) is 3.93. The molecule has 0 aliphatic rings. The molecule has 0 atom stereocenters. The second-order valence-electron chi connectivity index (χ2n) is 4.94. The van der Waals surface area contributed by atoms with Crippen molar-refractivity contribution in [2.45, 2.75) is 31.6 Å². The standard InChI is InChI=1S/C17H19NO2S/c1-3-7-17(15-8-5-4-6-9-15)18-21(19,20)16-12-10-14(2)11-13-16/h4-6,8-13H,3,7H2,1-2H3/b18-17+. The lowest BCUT2D eigenvalue weighted by Crippen LogP contribution is -2.06. The Hall–Kier alpha value is -1.94. The predicted octanol–water partition coefficient (Wildman–Crippen LogP) is 3.97. The fourth-order valence-corrected chi connectivity index (χ4v) is 3.09. The highest BCUT2D eigenvalue weighted by Gasteiger charge is 2.14. The maximum atomic E-state index is 12.4. The summed E-state index contributed by atoms with van der Waals surface area (Å²) < 4.78 is 28.9. The van der Waals surface area contributed by atoms with Crippen LogP contribution in [0.3, 0.4) is 0 Å². The fraction of sp³-hybridized carbons (Fsp3) is 0.235. The van der Waals surface area contributed by atoms with E-state index in [4.69, 9.17) is 0 Å². The van der Waals surface area contributed by atoms with E-state index in [0.29, 0.717) is 12.1 Å². The Bertz CT molecular complexity index is 717. The Morgan fingerprint density at radius 3 is 2.19 bits per heavy atom. The lowest BCUT2D eigenvalue weighted by atomic mass is 10.1. The maximum absolute atomic E-state index is 12.4. The highest BCUT2D eigenvalue weighted by Crippen LogP contribution is 2.16. The molecule has 21 heavy (non-hydrogen) atoms. The number of benzene rings is 2. The zero-order chi connectivity index (χ0) is 15.3. The number of rotatable bonds is 5. The average molecular weight is 301 g/mol. The van der Waals surface area contributed by atoms with Gasteiger partial charge >= 0.3 is 0 Å². The summed E-state index contributed by atoms with van der Waals surface area (Å²) in [5.41, 5.74) is 2.49. The number of aryl methyl sites for hydroxylation is 1. The van der Waals surface area contributed by atoms with Gasteiger partial charge in [0.1, 0.15) is 0 Å². The van der Waals surface area contributed by atoms with Gasteiger partial charge in [0.25, 0.3) is 10.0 Å². The van der Waals surface area contributed by atoms with Gasteiger partial charge in [0.2, 0.25) is 0 Å². The Morgan fingerprint density at radius 1 is 1.00 bits per heavy atom. The van der Waals surface area contributed by atoms with E-state index < -0.39 is 10.0 Å². The molecule has 0 unspecified atom stereocenters. The summed E-state index contributed by atoms with van der Waals surface area (Å²) in [7, 11) is -3.66. The molecule has 0 aromatic heterocycles. The first-order valence-electron chi connectivity index (χ1n) is 6.99. The Labute approximate surface area is 126 Å². The number of sulfonamides is 1. The van der Waals surface area contributed by atoms with E-state index in [1.54, 1.807) is 24.3 Å². The van der Waals surface area contributed by atoms with Gasteiger partial charge in [-0.05, 0) is 31.0 Å². The van der Waals surface area contributed by atoms with Gasteiger partial charge in [0.05, 0.1) is 10.6 Å². The van der Waals surface area contributed by atoms with Gasteiger partial charge in [-0.25, -0.2) is 0 Å². The first-order chi connectivity index (χ1) is 10.0. The minimum absolute atomic E-state index is 0.234. The maximum Gasteiger partial charge on any atom is 0.282 e. The normalized spacial score (nSPS) is 12.4. The zero-order valence-corrected chi connectivity index (χ0v) is 13.1. The third-order valence-corrected chi connectivity index (χ3v) is 4.47. The molecule has 0 aliphatic heterocycles.